The number of aryl methyl sites for hydroxylation is 3. The number of hydrogen-bond acceptors (Lipinski definition) is 5. The van der Waals surface area contributed by atoms with Crippen LogP contribution in [0.1, 0.15) is 29.5 Å². The molecular weight excluding hydrogens is 406 g/mol. The van der Waals surface area contributed by atoms with Crippen molar-refractivity contribution in [2.75, 3.05) is 11.9 Å². The monoisotopic (exact) mass is 429 g/mol. The summed E-state index contributed by atoms with van der Waals surface area (Å²) in [6.45, 7) is 6.24. The predicted octanol–water partition coefficient (Wildman–Crippen LogP) is 4.01. The molecule has 152 valence electrons. The van der Waals surface area contributed by atoms with E-state index in [1.807, 2.05) is 32.9 Å². The van der Waals surface area contributed by atoms with Crippen molar-refractivity contribution in [3.8, 4) is 0 Å². The number of thiazole rings is 1. The van der Waals surface area contributed by atoms with Gasteiger partial charge in [-0.05, 0) is 56.9 Å². The first-order valence-corrected chi connectivity index (χ1v) is 11.8. The first kappa shape index (κ1) is 20.0. The molecule has 1 unspecified atom stereocenters. The Balaban J connectivity index is 1.59. The third-order valence-corrected chi connectivity index (χ3v) is 8.33. The molecule has 1 aromatic heterocycles. The second-order valence-corrected chi connectivity index (χ2v) is 10.4. The summed E-state index contributed by atoms with van der Waals surface area (Å²) < 4.78 is 28.5. The summed E-state index contributed by atoms with van der Waals surface area (Å²) >= 11 is 1.42. The van der Waals surface area contributed by atoms with Crippen LogP contribution in [0.15, 0.2) is 41.3 Å². The zero-order chi connectivity index (χ0) is 20.8. The average Bonchev–Trinajstić information content (AvgIpc) is 3.33. The van der Waals surface area contributed by atoms with Crippen molar-refractivity contribution < 1.29 is 13.2 Å². The van der Waals surface area contributed by atoms with E-state index < -0.39 is 16.1 Å². The molecule has 2 heterocycles. The Morgan fingerprint density at radius 3 is 2.48 bits per heavy atom. The number of anilines is 1. The van der Waals surface area contributed by atoms with Crippen LogP contribution in [0, 0.1) is 20.8 Å². The van der Waals surface area contributed by atoms with Gasteiger partial charge in [0, 0.05) is 6.54 Å². The fourth-order valence-electron chi connectivity index (χ4n) is 3.64. The van der Waals surface area contributed by atoms with Gasteiger partial charge in [0.15, 0.2) is 5.13 Å². The maximum absolute atomic E-state index is 13.1. The third-order valence-electron chi connectivity index (χ3n) is 5.31. The molecule has 0 saturated carbocycles. The van der Waals surface area contributed by atoms with Gasteiger partial charge in [-0.1, -0.05) is 41.2 Å². The summed E-state index contributed by atoms with van der Waals surface area (Å²) in [4.78, 5) is 17.7. The van der Waals surface area contributed by atoms with Crippen molar-refractivity contribution >= 4 is 42.6 Å². The molecule has 1 aliphatic heterocycles. The van der Waals surface area contributed by atoms with Gasteiger partial charge in [-0.25, -0.2) is 13.4 Å². The minimum atomic E-state index is -3.72. The van der Waals surface area contributed by atoms with Crippen LogP contribution in [-0.2, 0) is 14.8 Å². The quantitative estimate of drug-likeness (QED) is 0.680. The molecule has 0 radical (unpaired) electrons. The molecule has 29 heavy (non-hydrogen) atoms. The Morgan fingerprint density at radius 1 is 1.10 bits per heavy atom. The number of hydrogen-bond donors (Lipinski definition) is 1. The van der Waals surface area contributed by atoms with Gasteiger partial charge in [0.25, 0.3) is 0 Å². The SMILES string of the molecule is Cc1ccc(S(=O)(=O)N2CCCC2C(=O)Nc2nc3c(C)ccc(C)c3s2)cc1. The Labute approximate surface area is 174 Å². The molecule has 1 fully saturated rings. The Hall–Kier alpha value is -2.29. The predicted molar refractivity (Wildman–Crippen MR) is 116 cm³/mol. The molecule has 2 aromatic carbocycles. The van der Waals surface area contributed by atoms with E-state index >= 15 is 0 Å². The average molecular weight is 430 g/mol. The van der Waals surface area contributed by atoms with Crippen molar-refractivity contribution in [3.05, 3.63) is 53.1 Å². The number of fused-ring (bicyclic) bond motifs is 1. The van der Waals surface area contributed by atoms with Gasteiger partial charge in [0.2, 0.25) is 15.9 Å². The molecule has 1 amide bonds. The summed E-state index contributed by atoms with van der Waals surface area (Å²) in [5.41, 5.74) is 4.02. The highest BCUT2D eigenvalue weighted by Gasteiger charge is 2.39. The van der Waals surface area contributed by atoms with Crippen molar-refractivity contribution in [2.24, 2.45) is 0 Å². The first-order valence-electron chi connectivity index (χ1n) is 9.53. The number of nitrogens with zero attached hydrogens (tertiary/aromatic N) is 2. The highest BCUT2D eigenvalue weighted by atomic mass is 32.2. The van der Waals surface area contributed by atoms with Gasteiger partial charge < -0.3 is 5.32 Å². The van der Waals surface area contributed by atoms with Crippen molar-refractivity contribution in [2.45, 2.75) is 44.6 Å². The molecule has 0 spiro atoms. The van der Waals surface area contributed by atoms with E-state index in [1.165, 1.54) is 15.6 Å². The van der Waals surface area contributed by atoms with Crippen LogP contribution in [-0.4, -0.2) is 36.2 Å². The van der Waals surface area contributed by atoms with E-state index in [9.17, 15) is 13.2 Å². The second kappa shape index (κ2) is 7.51. The van der Waals surface area contributed by atoms with Crippen molar-refractivity contribution in [3.63, 3.8) is 0 Å². The summed E-state index contributed by atoms with van der Waals surface area (Å²) in [6.07, 6.45) is 1.15. The molecule has 0 bridgehead atoms. The smallest absolute Gasteiger partial charge is 0.244 e. The number of amides is 1. The fourth-order valence-corrected chi connectivity index (χ4v) is 6.31. The molecule has 1 N–H and O–H groups in total. The van der Waals surface area contributed by atoms with E-state index in [1.54, 1.807) is 24.3 Å². The molecular formula is C21H23N3O3S2. The highest BCUT2D eigenvalue weighted by Crippen LogP contribution is 2.32. The standard InChI is InChI=1S/C21H23N3O3S2/c1-13-6-10-16(11-7-13)29(26,27)24-12-4-5-17(24)20(25)23-21-22-18-14(2)8-9-15(3)19(18)28-21/h6-11,17H,4-5,12H2,1-3H3,(H,22,23,25). The fraction of sp³-hybridized carbons (Fsp3) is 0.333. The summed E-state index contributed by atoms with van der Waals surface area (Å²) in [7, 11) is -3.72. The van der Waals surface area contributed by atoms with Crippen molar-refractivity contribution in [1.82, 2.24) is 9.29 Å². The second-order valence-electron chi connectivity index (χ2n) is 7.47. The third kappa shape index (κ3) is 3.68. The van der Waals surface area contributed by atoms with Crippen LogP contribution in [0.2, 0.25) is 0 Å². The number of rotatable bonds is 4. The van der Waals surface area contributed by atoms with E-state index in [0.29, 0.717) is 24.5 Å². The minimum absolute atomic E-state index is 0.217. The normalized spacial score (nSPS) is 17.7. The van der Waals surface area contributed by atoms with E-state index in [4.69, 9.17) is 0 Å². The van der Waals surface area contributed by atoms with E-state index in [2.05, 4.69) is 10.3 Å². The number of benzene rings is 2. The lowest BCUT2D eigenvalue weighted by Gasteiger charge is -2.23. The molecule has 4 rings (SSSR count). The molecule has 3 aromatic rings. The zero-order valence-electron chi connectivity index (χ0n) is 16.6. The largest absolute Gasteiger partial charge is 0.301 e. The number of nitrogens with one attached hydrogen (secondary N) is 1. The summed E-state index contributed by atoms with van der Waals surface area (Å²) in [5.74, 6) is -0.326. The van der Waals surface area contributed by atoms with Gasteiger partial charge in [-0.15, -0.1) is 0 Å². The van der Waals surface area contributed by atoms with Crippen LogP contribution in [0.3, 0.4) is 0 Å². The number of aromatic nitrogens is 1. The lowest BCUT2D eigenvalue weighted by Crippen LogP contribution is -2.43. The van der Waals surface area contributed by atoms with Gasteiger partial charge in [-0.2, -0.15) is 4.31 Å². The summed E-state index contributed by atoms with van der Waals surface area (Å²) in [6, 6.07) is 10.0. The van der Waals surface area contributed by atoms with E-state index in [-0.39, 0.29) is 10.8 Å². The Kier molecular flexibility index (Phi) is 5.18. The highest BCUT2D eigenvalue weighted by molar-refractivity contribution is 7.89. The van der Waals surface area contributed by atoms with Crippen LogP contribution >= 0.6 is 11.3 Å². The zero-order valence-corrected chi connectivity index (χ0v) is 18.2. The van der Waals surface area contributed by atoms with Gasteiger partial charge in [-0.3, -0.25) is 4.79 Å². The molecule has 0 aliphatic carbocycles. The molecule has 8 heteroatoms. The maximum atomic E-state index is 13.1. The van der Waals surface area contributed by atoms with Crippen LogP contribution in [0.5, 0.6) is 0 Å². The number of sulfonamides is 1. The first-order chi connectivity index (χ1) is 13.8. The lowest BCUT2D eigenvalue weighted by molar-refractivity contribution is -0.119. The molecule has 1 atom stereocenters. The van der Waals surface area contributed by atoms with Gasteiger partial charge in [0.1, 0.15) is 6.04 Å². The van der Waals surface area contributed by atoms with Crippen LogP contribution in [0.25, 0.3) is 10.2 Å². The number of carbonyl (C=O) groups is 1. The van der Waals surface area contributed by atoms with Gasteiger partial charge in [0.05, 0.1) is 15.1 Å². The minimum Gasteiger partial charge on any atom is -0.301 e. The molecule has 1 aliphatic rings. The van der Waals surface area contributed by atoms with Crippen LogP contribution in [0.4, 0.5) is 5.13 Å². The van der Waals surface area contributed by atoms with E-state index in [0.717, 1.165) is 26.9 Å². The number of carbonyl (C=O) groups excluding carboxylic acids is 1. The topological polar surface area (TPSA) is 79.4 Å². The summed E-state index contributed by atoms with van der Waals surface area (Å²) in [5, 5.41) is 3.35. The maximum Gasteiger partial charge on any atom is 0.244 e. The van der Waals surface area contributed by atoms with Gasteiger partial charge >= 0.3 is 0 Å². The Morgan fingerprint density at radius 2 is 1.79 bits per heavy atom. The lowest BCUT2D eigenvalue weighted by atomic mass is 10.1. The van der Waals surface area contributed by atoms with Crippen LogP contribution < -0.4 is 5.32 Å². The van der Waals surface area contributed by atoms with Crippen molar-refractivity contribution in [1.29, 1.82) is 0 Å². The Bertz CT molecular complexity index is 1140. The molecule has 1 saturated heterocycles. The molecule has 6 nitrogen and oxygen atoms in total.